The largest absolute Gasteiger partial charge is 2.00 e. The van der Waals surface area contributed by atoms with Gasteiger partial charge in [-0.1, -0.05) is 151 Å². The number of halogens is 3. The van der Waals surface area contributed by atoms with Gasteiger partial charge >= 0.3 is 23.1 Å². The van der Waals surface area contributed by atoms with Gasteiger partial charge in [-0.15, -0.1) is 0 Å². The Hall–Kier alpha value is -7.38. The van der Waals surface area contributed by atoms with Crippen LogP contribution in [0.2, 0.25) is 0 Å². The van der Waals surface area contributed by atoms with Crippen LogP contribution in [0.15, 0.2) is 238 Å². The Morgan fingerprint density at radius 3 is 1.42 bits per heavy atom. The molecule has 3 heterocycles. The number of aryl methyl sites for hydroxylation is 4. The molecule has 0 unspecified atom stereocenters. The van der Waals surface area contributed by atoms with Gasteiger partial charge < -0.3 is 28.4 Å². The first-order chi connectivity index (χ1) is 41.6. The molecule has 10 aromatic carbocycles. The molecule has 13 rings (SSSR count). The van der Waals surface area contributed by atoms with Crippen LogP contribution in [0.3, 0.4) is 0 Å². The van der Waals surface area contributed by atoms with E-state index in [0.29, 0.717) is 17.8 Å². The molecule has 0 bridgehead atoms. The fraction of sp³-hybridized carbons (Fsp3) is 0.0746. The van der Waals surface area contributed by atoms with E-state index in [-0.39, 0.29) is 55.4 Å². The van der Waals surface area contributed by atoms with E-state index >= 15 is 0 Å². The molecule has 1 aliphatic heterocycles. The number of primary sulfonamides is 2. The third-order valence-electron chi connectivity index (χ3n) is 13.3. The molecule has 0 fully saturated rings. The Bertz CT molecular complexity index is 4590. The number of hydrogen-bond acceptors (Lipinski definition) is 14. The zero-order chi connectivity index (χ0) is 62.3. The molecule has 22 heteroatoms. The number of aliphatic imine (C=N–C) groups is 1. The van der Waals surface area contributed by atoms with E-state index < -0.39 is 25.3 Å². The molecule has 0 spiro atoms. The fourth-order valence-electron chi connectivity index (χ4n) is 8.58. The molecule has 0 aliphatic carbocycles. The van der Waals surface area contributed by atoms with Crippen molar-refractivity contribution in [3.05, 3.63) is 268 Å². The van der Waals surface area contributed by atoms with Crippen molar-refractivity contribution in [2.75, 3.05) is 11.5 Å². The zero-order valence-electron chi connectivity index (χ0n) is 48.6. The van der Waals surface area contributed by atoms with Gasteiger partial charge in [0.2, 0.25) is 20.0 Å². The smallest absolute Gasteiger partial charge is 1.00 e. The molecule has 0 saturated heterocycles. The number of benzene rings is 10. The van der Waals surface area contributed by atoms with Crippen LogP contribution < -0.4 is 38.7 Å². The van der Waals surface area contributed by atoms with Gasteiger partial charge in [-0.05, 0) is 148 Å². The van der Waals surface area contributed by atoms with Gasteiger partial charge in [-0.25, -0.2) is 27.1 Å². The molecule has 0 saturated carbocycles. The Balaban J connectivity index is 0.000000177. The molecule has 2 aromatic heterocycles. The van der Waals surface area contributed by atoms with Gasteiger partial charge in [-0.2, -0.15) is 53.4 Å². The van der Waals surface area contributed by atoms with E-state index in [2.05, 4.69) is 152 Å². The van der Waals surface area contributed by atoms with Crippen LogP contribution in [0, 0.1) is 33.8 Å². The quantitative estimate of drug-likeness (QED) is 0.0505. The van der Waals surface area contributed by atoms with Crippen molar-refractivity contribution >= 4 is 144 Å². The van der Waals surface area contributed by atoms with Crippen molar-refractivity contribution in [3.8, 4) is 33.4 Å². The third kappa shape index (κ3) is 19.8. The second-order valence-corrected chi connectivity index (χ2v) is 25.1. The van der Waals surface area contributed by atoms with Gasteiger partial charge in [0.1, 0.15) is 22.1 Å². The third-order valence-corrected chi connectivity index (χ3v) is 17.1. The number of sulfonamides is 2. The average molecular weight is 1420 g/mol. The summed E-state index contributed by atoms with van der Waals surface area (Å²) in [6.45, 7) is 8.29. The summed E-state index contributed by atoms with van der Waals surface area (Å²) in [7, 11) is -7.38. The minimum Gasteiger partial charge on any atom is -1.00 e. The molecule has 0 amide bonds. The summed E-state index contributed by atoms with van der Waals surface area (Å²) in [5.74, 6) is 0. The van der Waals surface area contributed by atoms with E-state index in [1.165, 1.54) is 104 Å². The van der Waals surface area contributed by atoms with Crippen molar-refractivity contribution in [3.63, 3.8) is 0 Å². The normalized spacial score (nSPS) is 11.1. The van der Waals surface area contributed by atoms with Crippen molar-refractivity contribution in [2.24, 2.45) is 15.3 Å². The molecule has 12 aromatic rings. The number of nitrogens with two attached hydrogens (primary N) is 4. The van der Waals surface area contributed by atoms with Crippen LogP contribution in [0.5, 0.6) is 0 Å². The number of anilines is 2. The Morgan fingerprint density at radius 1 is 0.506 bits per heavy atom. The molecular weight excluding hydrogens is 1360 g/mol. The van der Waals surface area contributed by atoms with E-state index in [1.807, 2.05) is 84.9 Å². The number of aromatic nitrogens is 4. The van der Waals surface area contributed by atoms with Gasteiger partial charge in [0, 0.05) is 27.6 Å². The minimum atomic E-state index is -3.70. The first kappa shape index (κ1) is 70.7. The molecule has 0 radical (unpaired) electrons. The van der Waals surface area contributed by atoms with Gasteiger partial charge in [0.05, 0.1) is 56.0 Å². The van der Waals surface area contributed by atoms with E-state index in [0.717, 1.165) is 60.2 Å². The van der Waals surface area contributed by atoms with Crippen LogP contribution in [-0.2, 0) is 26.5 Å². The summed E-state index contributed by atoms with van der Waals surface area (Å²) >= 11 is 11.0. The molecule has 89 heavy (non-hydrogen) atoms. The van der Waals surface area contributed by atoms with Crippen LogP contribution in [0.4, 0.5) is 17.1 Å². The monoisotopic (exact) mass is 1410 g/mol. The second kappa shape index (κ2) is 32.9. The van der Waals surface area contributed by atoms with Crippen LogP contribution in [-0.4, -0.2) is 68.3 Å². The fourth-order valence-corrected chi connectivity index (χ4v) is 11.4. The number of para-hydroxylation sites is 1. The number of nitrogens with zero attached hydrogens (tertiary/aromatic N) is 5. The first-order valence-electron chi connectivity index (χ1n) is 26.6. The Morgan fingerprint density at radius 2 is 0.921 bits per heavy atom. The number of fused-ring (bicyclic) bond motifs is 3. The maximum atomic E-state index is 11.4. The van der Waals surface area contributed by atoms with Gasteiger partial charge in [0.15, 0.2) is 0 Å². The maximum Gasteiger partial charge on any atom is 2.00 e. The molecular formula is C67H58Br2ClMgN9O5S4. The molecule has 0 atom stereocenters. The number of carbonyl (C=O) groups excluding carboxylic acids is 1. The second-order valence-electron chi connectivity index (χ2n) is 19.7. The molecule has 14 nitrogen and oxygen atoms in total. The topological polar surface area (TPSA) is 253 Å². The summed E-state index contributed by atoms with van der Waals surface area (Å²) in [6, 6.07) is 71.5. The zero-order valence-corrected chi connectivity index (χ0v) is 57.2. The standard InChI is InChI=1S/C21H18N2O2S.C13H10N2S.C13H14N2.C7H6ClNO3S.C7H7.C6H3BrN2S.BrH.Mg/c1-14-5-7-15(8-6-14)18-3-2-4-20-19(18)13-21(23-20)16-9-11-17(12-10-16)26(22,24)25;1-9-5-7-10(8-6-9)11-3-2-4-12-13(11)15-16-14-12;1-9-5-7-10(8-6-9)11-3-2-4-12(14)13(11)15;8-7(10)5-1-3-6(4-2-5)13(9,11)12;1-7-5-3-2-4-6-7;7-4-2-1-3-5-6(4)9-10-8-5;;/h2-12H,13H2,1H3,(H2,22,24,25);2-8H,1H3;2-8H,14-15H2,1H3;1-4H,(H2,9,11,12);3-6H,1H3;1-3H;1H;/q;;;;-1;;;+2/p-1. The maximum absolute atomic E-state index is 11.4. The van der Waals surface area contributed by atoms with Crippen molar-refractivity contribution < 1.29 is 38.6 Å². The van der Waals surface area contributed by atoms with Crippen molar-refractivity contribution in [1.82, 2.24) is 17.5 Å². The minimum absolute atomic E-state index is 0. The van der Waals surface area contributed by atoms with Crippen LogP contribution in [0.25, 0.3) is 55.4 Å². The van der Waals surface area contributed by atoms with E-state index in [4.69, 9.17) is 38.3 Å². The SMILES string of the molecule is Brc1cccc2nsnc12.Cc1cc[c-]cc1.Cc1ccc(-c2cccc(N)c2N)cc1.Cc1ccc(-c2cccc3c2CC(c2ccc(S(N)(=O)=O)cc2)=N3)cc1.Cc1ccc(-c2cccc3nsnc23)cc1.NS(=O)(=O)c1ccc(C(=O)Cl)cc1.[Br-].[Mg+2]. The summed E-state index contributed by atoms with van der Waals surface area (Å²) in [6.07, 6.45) is 0.716. The average Bonchev–Trinajstić information content (AvgIpc) is 3.85. The van der Waals surface area contributed by atoms with Crippen molar-refractivity contribution in [2.45, 2.75) is 43.9 Å². The van der Waals surface area contributed by atoms with E-state index in [9.17, 15) is 21.6 Å². The van der Waals surface area contributed by atoms with Crippen LogP contribution in [0.1, 0.15) is 43.7 Å². The number of nitrogen functional groups attached to an aromatic ring is 2. The summed E-state index contributed by atoms with van der Waals surface area (Å²) in [4.78, 5) is 15.4. The molecule has 448 valence electrons. The van der Waals surface area contributed by atoms with Gasteiger partial charge in [0.25, 0.3) is 5.24 Å². The predicted octanol–water partition coefficient (Wildman–Crippen LogP) is 12.1. The number of rotatable bonds is 7. The number of carbonyl (C=O) groups is 1. The summed E-state index contributed by atoms with van der Waals surface area (Å²) in [5, 5.41) is 9.37. The summed E-state index contributed by atoms with van der Waals surface area (Å²) in [5.41, 5.74) is 32.9. The molecule has 1 aliphatic rings. The predicted molar refractivity (Wildman–Crippen MR) is 366 cm³/mol. The Kier molecular flexibility index (Phi) is 26.1. The Labute approximate surface area is 567 Å². The first-order valence-corrected chi connectivity index (χ1v) is 32.4. The van der Waals surface area contributed by atoms with Crippen molar-refractivity contribution in [1.29, 1.82) is 0 Å². The summed E-state index contributed by atoms with van der Waals surface area (Å²) < 4.78 is 62.2. The molecule has 8 N–H and O–H groups in total. The number of hydrogen-bond donors (Lipinski definition) is 4. The van der Waals surface area contributed by atoms with Crippen LogP contribution >= 0.6 is 51.0 Å². The van der Waals surface area contributed by atoms with E-state index in [1.54, 1.807) is 12.1 Å². The van der Waals surface area contributed by atoms with Gasteiger partial charge in [-0.3, -0.25) is 9.79 Å².